The van der Waals surface area contributed by atoms with E-state index in [9.17, 15) is 31.4 Å². The fourth-order valence-corrected chi connectivity index (χ4v) is 2.69. The Morgan fingerprint density at radius 3 is 2.23 bits per heavy atom. The Kier molecular flexibility index (Phi) is 4.18. The summed E-state index contributed by atoms with van der Waals surface area (Å²) in [6.45, 7) is 1.28. The predicted molar refractivity (Wildman–Crippen MR) is 66.1 cm³/mol. The van der Waals surface area contributed by atoms with Crippen LogP contribution in [0.3, 0.4) is 0 Å². The minimum Gasteiger partial charge on any atom is -0.379 e. The molecule has 22 heavy (non-hydrogen) atoms. The number of aryl methyl sites for hydroxylation is 1. The number of nitrogens with zero attached hydrogens (tertiary/aromatic N) is 2. The molecule has 0 fully saturated rings. The second-order valence-electron chi connectivity index (χ2n) is 4.34. The standard InChI is InChI=1S/C12H8F6N2OS/c1-5-8(9(21)12(16,17)18)22-10(20-5)6-2-3-7(19-4-6)11(13,14)15/h2-4,9,21H,1H3. The van der Waals surface area contributed by atoms with E-state index in [0.717, 1.165) is 12.3 Å². The van der Waals surface area contributed by atoms with Gasteiger partial charge >= 0.3 is 12.4 Å². The number of halogens is 6. The zero-order valence-corrected chi connectivity index (χ0v) is 11.6. The van der Waals surface area contributed by atoms with Crippen LogP contribution >= 0.6 is 11.3 Å². The van der Waals surface area contributed by atoms with Gasteiger partial charge in [0.05, 0.1) is 10.6 Å². The number of pyridine rings is 1. The van der Waals surface area contributed by atoms with Crippen LogP contribution in [-0.4, -0.2) is 21.3 Å². The zero-order chi connectivity index (χ0) is 16.7. The summed E-state index contributed by atoms with van der Waals surface area (Å²) in [6.07, 6.45) is -11.2. The van der Waals surface area contributed by atoms with Crippen LogP contribution in [0, 0.1) is 6.92 Å². The number of aliphatic hydroxyl groups excluding tert-OH is 1. The molecule has 2 heterocycles. The van der Waals surface area contributed by atoms with Crippen LogP contribution in [0.1, 0.15) is 22.4 Å². The van der Waals surface area contributed by atoms with E-state index in [1.165, 1.54) is 6.92 Å². The predicted octanol–water partition coefficient (Wildman–Crippen LogP) is 4.13. The normalized spacial score (nSPS) is 14.2. The second kappa shape index (κ2) is 5.51. The number of thiazole rings is 1. The maximum absolute atomic E-state index is 12.5. The number of rotatable bonds is 2. The Bertz CT molecular complexity index is 662. The summed E-state index contributed by atoms with van der Waals surface area (Å²) in [4.78, 5) is 6.66. The highest BCUT2D eigenvalue weighted by Gasteiger charge is 2.41. The third-order valence-corrected chi connectivity index (χ3v) is 3.95. The summed E-state index contributed by atoms with van der Waals surface area (Å²) in [7, 11) is 0. The van der Waals surface area contributed by atoms with Crippen LogP contribution < -0.4 is 0 Å². The lowest BCUT2D eigenvalue weighted by molar-refractivity contribution is -0.205. The molecule has 2 aromatic heterocycles. The first-order chi connectivity index (χ1) is 10.00. The van der Waals surface area contributed by atoms with Crippen molar-refractivity contribution in [3.05, 3.63) is 34.6 Å². The molecule has 0 aliphatic carbocycles. The fourth-order valence-electron chi connectivity index (χ4n) is 1.62. The molecule has 0 bridgehead atoms. The number of aromatic nitrogens is 2. The van der Waals surface area contributed by atoms with Gasteiger partial charge < -0.3 is 5.11 Å². The summed E-state index contributed by atoms with van der Waals surface area (Å²) < 4.78 is 74.7. The highest BCUT2D eigenvalue weighted by molar-refractivity contribution is 7.15. The van der Waals surface area contributed by atoms with Gasteiger partial charge in [0.1, 0.15) is 10.7 Å². The molecule has 0 aliphatic heterocycles. The Balaban J connectivity index is 2.35. The molecule has 1 unspecified atom stereocenters. The number of hydrogen-bond donors (Lipinski definition) is 1. The molecule has 1 N–H and O–H groups in total. The first kappa shape index (κ1) is 16.7. The third kappa shape index (κ3) is 3.38. The maximum atomic E-state index is 12.5. The molecule has 0 amide bonds. The molecule has 10 heteroatoms. The summed E-state index contributed by atoms with van der Waals surface area (Å²) >= 11 is 0.559. The largest absolute Gasteiger partial charge is 0.433 e. The van der Waals surface area contributed by atoms with E-state index in [0.29, 0.717) is 17.4 Å². The van der Waals surface area contributed by atoms with Crippen molar-refractivity contribution < 1.29 is 31.4 Å². The highest BCUT2D eigenvalue weighted by atomic mass is 32.1. The Labute approximate surface area is 124 Å². The fraction of sp³-hybridized carbons (Fsp3) is 0.333. The first-order valence-electron chi connectivity index (χ1n) is 5.76. The average molecular weight is 342 g/mol. The Hall–Kier alpha value is -1.68. The van der Waals surface area contributed by atoms with Crippen LogP contribution in [0.2, 0.25) is 0 Å². The monoisotopic (exact) mass is 342 g/mol. The van der Waals surface area contributed by atoms with E-state index >= 15 is 0 Å². The molecule has 0 radical (unpaired) electrons. The summed E-state index contributed by atoms with van der Waals surface area (Å²) in [5.74, 6) is 0. The van der Waals surface area contributed by atoms with Crippen molar-refractivity contribution in [3.8, 4) is 10.6 Å². The third-order valence-electron chi connectivity index (χ3n) is 2.69. The van der Waals surface area contributed by atoms with Crippen molar-refractivity contribution in [2.75, 3.05) is 0 Å². The van der Waals surface area contributed by atoms with Gasteiger partial charge in [-0.3, -0.25) is 4.98 Å². The summed E-state index contributed by atoms with van der Waals surface area (Å²) in [6, 6.07) is 1.78. The molecule has 2 rings (SSSR count). The SMILES string of the molecule is Cc1nc(-c2ccc(C(F)(F)F)nc2)sc1C(O)C(F)(F)F. The Morgan fingerprint density at radius 1 is 1.14 bits per heavy atom. The van der Waals surface area contributed by atoms with Crippen molar-refractivity contribution in [2.45, 2.75) is 25.4 Å². The van der Waals surface area contributed by atoms with E-state index < -0.39 is 29.0 Å². The lowest BCUT2D eigenvalue weighted by atomic mass is 10.2. The van der Waals surface area contributed by atoms with E-state index in [1.54, 1.807) is 0 Å². The average Bonchev–Trinajstić information content (AvgIpc) is 2.78. The van der Waals surface area contributed by atoms with Gasteiger partial charge in [0.2, 0.25) is 0 Å². The van der Waals surface area contributed by atoms with Crippen molar-refractivity contribution in [1.82, 2.24) is 9.97 Å². The summed E-state index contributed by atoms with van der Waals surface area (Å²) in [5, 5.41) is 9.28. The molecular weight excluding hydrogens is 334 g/mol. The molecule has 0 saturated heterocycles. The topological polar surface area (TPSA) is 46.0 Å². The quantitative estimate of drug-likeness (QED) is 0.835. The van der Waals surface area contributed by atoms with Gasteiger partial charge in [-0.05, 0) is 19.1 Å². The van der Waals surface area contributed by atoms with E-state index in [2.05, 4.69) is 9.97 Å². The van der Waals surface area contributed by atoms with Crippen molar-refractivity contribution in [3.63, 3.8) is 0 Å². The molecule has 2 aromatic rings. The van der Waals surface area contributed by atoms with Gasteiger partial charge in [-0.1, -0.05) is 0 Å². The lowest BCUT2D eigenvalue weighted by Crippen LogP contribution is -2.19. The molecule has 0 aromatic carbocycles. The lowest BCUT2D eigenvalue weighted by Gasteiger charge is -2.12. The van der Waals surface area contributed by atoms with Gasteiger partial charge in [0.15, 0.2) is 6.10 Å². The van der Waals surface area contributed by atoms with Crippen molar-refractivity contribution >= 4 is 11.3 Å². The molecule has 120 valence electrons. The van der Waals surface area contributed by atoms with E-state index in [1.807, 2.05) is 0 Å². The number of hydrogen-bond acceptors (Lipinski definition) is 4. The van der Waals surface area contributed by atoms with Gasteiger partial charge in [-0.2, -0.15) is 26.3 Å². The highest BCUT2D eigenvalue weighted by Crippen LogP contribution is 2.39. The van der Waals surface area contributed by atoms with Crippen LogP contribution in [-0.2, 0) is 6.18 Å². The van der Waals surface area contributed by atoms with Crippen LogP contribution in [0.15, 0.2) is 18.3 Å². The first-order valence-corrected chi connectivity index (χ1v) is 6.57. The van der Waals surface area contributed by atoms with Crippen LogP contribution in [0.4, 0.5) is 26.3 Å². The van der Waals surface area contributed by atoms with E-state index in [4.69, 9.17) is 0 Å². The van der Waals surface area contributed by atoms with Crippen molar-refractivity contribution in [2.24, 2.45) is 0 Å². The van der Waals surface area contributed by atoms with Gasteiger partial charge in [0, 0.05) is 11.8 Å². The molecule has 0 aliphatic rings. The zero-order valence-electron chi connectivity index (χ0n) is 10.8. The summed E-state index contributed by atoms with van der Waals surface area (Å²) in [5.41, 5.74) is -1.01. The molecular formula is C12H8F6N2OS. The molecule has 3 nitrogen and oxygen atoms in total. The van der Waals surface area contributed by atoms with Crippen LogP contribution in [0.25, 0.3) is 10.6 Å². The van der Waals surface area contributed by atoms with Crippen molar-refractivity contribution in [1.29, 1.82) is 0 Å². The molecule has 0 spiro atoms. The maximum Gasteiger partial charge on any atom is 0.433 e. The van der Waals surface area contributed by atoms with Gasteiger partial charge in [-0.15, -0.1) is 11.3 Å². The Morgan fingerprint density at radius 2 is 1.77 bits per heavy atom. The smallest absolute Gasteiger partial charge is 0.379 e. The molecule has 0 saturated carbocycles. The van der Waals surface area contributed by atoms with E-state index in [-0.39, 0.29) is 16.3 Å². The molecule has 1 atom stereocenters. The number of aliphatic hydroxyl groups is 1. The second-order valence-corrected chi connectivity index (χ2v) is 5.37. The number of alkyl halides is 6. The van der Waals surface area contributed by atoms with Gasteiger partial charge in [0.25, 0.3) is 0 Å². The minimum atomic E-state index is -4.84. The van der Waals surface area contributed by atoms with Crippen LogP contribution in [0.5, 0.6) is 0 Å². The minimum absolute atomic E-state index is 0.0373. The van der Waals surface area contributed by atoms with Gasteiger partial charge in [-0.25, -0.2) is 4.98 Å².